The predicted molar refractivity (Wildman–Crippen MR) is 435 cm³/mol. The molecule has 8 N–H and O–H groups in total. The number of imide groups is 1. The van der Waals surface area contributed by atoms with Crippen LogP contribution in [-0.4, -0.2) is 192 Å². The van der Waals surface area contributed by atoms with Gasteiger partial charge in [-0.1, -0.05) is 37.8 Å². The van der Waals surface area contributed by atoms with Gasteiger partial charge in [0.25, 0.3) is 17.8 Å². The number of ether oxygens (including phenoxy) is 10. The number of cyclic esters (lactones) is 2. The number of nitrogens with two attached hydrogens (primary N) is 2. The Bertz CT molecular complexity index is 4710. The number of carboxylic acids is 1. The van der Waals surface area contributed by atoms with E-state index >= 15 is 0 Å². The summed E-state index contributed by atoms with van der Waals surface area (Å²) in [6.07, 6.45) is 4.86. The van der Waals surface area contributed by atoms with Crippen LogP contribution >= 0.6 is 13.5 Å². The number of carbonyl (C=O) groups excluding carboxylic acids is 8. The van der Waals surface area contributed by atoms with Crippen molar-refractivity contribution in [2.24, 2.45) is 11.5 Å². The maximum absolute atomic E-state index is 13.3. The van der Waals surface area contributed by atoms with E-state index in [-0.39, 0.29) is 72.0 Å². The molecule has 0 fully saturated rings. The van der Waals surface area contributed by atoms with E-state index in [1.54, 1.807) is 119 Å². The highest BCUT2D eigenvalue weighted by atomic mass is 32.2. The number of aliphatic carboxylic acids is 1. The van der Waals surface area contributed by atoms with Crippen LogP contribution in [0.3, 0.4) is 0 Å². The number of amides is 4. The molecule has 0 bridgehead atoms. The number of anilines is 2. The maximum Gasteiger partial charge on any atom is 0.349 e. The number of methoxy groups -OCH3 is 4. The molecule has 7 aromatic carbocycles. The molecule has 4 amide bonds. The van der Waals surface area contributed by atoms with Crippen molar-refractivity contribution in [3.05, 3.63) is 177 Å². The molecule has 0 saturated carbocycles. The Labute approximate surface area is 671 Å². The zero-order chi connectivity index (χ0) is 84.4. The highest BCUT2D eigenvalue weighted by Crippen LogP contribution is 2.40. The van der Waals surface area contributed by atoms with Crippen LogP contribution in [0.4, 0.5) is 11.4 Å². The third kappa shape index (κ3) is 32.4. The number of nitrogens with zero attached hydrogens (tertiary/aromatic N) is 1. The second kappa shape index (κ2) is 48.6. The summed E-state index contributed by atoms with van der Waals surface area (Å²) in [5.41, 5.74) is 15.6. The summed E-state index contributed by atoms with van der Waals surface area (Å²) in [7, 11) is -3.68. The molecule has 624 valence electrons. The van der Waals surface area contributed by atoms with Gasteiger partial charge in [0.1, 0.15) is 42.1 Å². The van der Waals surface area contributed by atoms with Crippen molar-refractivity contribution >= 4 is 108 Å². The van der Waals surface area contributed by atoms with E-state index in [0.29, 0.717) is 125 Å². The first kappa shape index (κ1) is 101. The summed E-state index contributed by atoms with van der Waals surface area (Å²) in [5, 5.41) is 21.7. The molecule has 0 radical (unpaired) electrons. The summed E-state index contributed by atoms with van der Waals surface area (Å²) < 4.78 is 121. The lowest BCUT2D eigenvalue weighted by Crippen LogP contribution is -2.37. The summed E-state index contributed by atoms with van der Waals surface area (Å²) >= 11 is 0. The zero-order valence-corrected chi connectivity index (χ0v) is 68.5. The Balaban J connectivity index is 0.000000698. The van der Waals surface area contributed by atoms with Crippen molar-refractivity contribution in [2.75, 3.05) is 108 Å². The highest BCUT2D eigenvalue weighted by Gasteiger charge is 2.44. The number of nitrogens with one attached hydrogen (secondary N) is 2. The summed E-state index contributed by atoms with van der Waals surface area (Å²) in [4.78, 5) is 102. The van der Waals surface area contributed by atoms with Gasteiger partial charge in [-0.3, -0.25) is 38.5 Å². The number of aldehydes is 2. The normalized spacial score (nSPS) is 12.2. The van der Waals surface area contributed by atoms with Gasteiger partial charge in [0.2, 0.25) is 11.8 Å². The smallest absolute Gasteiger partial charge is 0.349 e. The molecule has 36 heteroatoms. The number of phenols is 1. The van der Waals surface area contributed by atoms with Crippen LogP contribution in [-0.2, 0) is 48.6 Å². The average molecular weight is 1670 g/mol. The van der Waals surface area contributed by atoms with Gasteiger partial charge in [-0.05, 0) is 148 Å². The molecule has 2 aliphatic rings. The van der Waals surface area contributed by atoms with Crippen LogP contribution in [0, 0.1) is 0 Å². The molecule has 32 nitrogen and oxygen atoms in total. The van der Waals surface area contributed by atoms with Crippen molar-refractivity contribution in [3.63, 3.8) is 0 Å². The standard InChI is InChI=1S/C22H24N2O7S.2C12H19NO4S.C10H7NO4.C10H12O3.C9H10O3.C2H4O2.CH4.H2S/c1-5-31-19-11-14(9-10-18(19)30-3)17(12-32(4,28)29)24-21(26)15-7-6-8-16(23-13(2)25)20(15)22(24)27;2*1-4-17-12-7-9(5-6-11(12)16-2)10(13)8-18(3,14)15;1-5(12)11-7-4-2-3-6-8(7)10(14)15-9(6)13;1-3-13-10-6-8(7-11)4-5-9(10)12-2;1-2-12-9-5-7(6-10)3-4-8(9)11;1-2(3)4;;/h6-11,17H,5,12H2,1-4H3,(H,23,25);2*5-7,10H,4,8,13H2,1-3H3;2-4H,1H3,(H,11,12);4-7H,3H2,1-2H3;3-6,11H,2H2,1H3;1H3,(H,3,4);1H4;1H2/t17-;10-;;;;;;;/m11......./s1. The van der Waals surface area contributed by atoms with E-state index < -0.39 is 89.0 Å². The lowest BCUT2D eigenvalue weighted by molar-refractivity contribution is -0.134. The summed E-state index contributed by atoms with van der Waals surface area (Å²) in [6, 6.07) is 31.6. The molecule has 114 heavy (non-hydrogen) atoms. The monoisotopic (exact) mass is 1670 g/mol. The minimum atomic E-state index is -3.60. The molecular formula is C78H101N5O27S4. The van der Waals surface area contributed by atoms with Crippen molar-refractivity contribution in [3.8, 4) is 57.5 Å². The van der Waals surface area contributed by atoms with Crippen LogP contribution in [0.5, 0.6) is 57.5 Å². The van der Waals surface area contributed by atoms with Crippen LogP contribution in [0.15, 0.2) is 127 Å². The van der Waals surface area contributed by atoms with Crippen molar-refractivity contribution in [1.29, 1.82) is 0 Å². The molecule has 0 saturated heterocycles. The fourth-order valence-electron chi connectivity index (χ4n) is 10.2. The largest absolute Gasteiger partial charge is 0.504 e. The predicted octanol–water partition coefficient (Wildman–Crippen LogP) is 10.0. The van der Waals surface area contributed by atoms with Gasteiger partial charge in [-0.15, -0.1) is 0 Å². The van der Waals surface area contributed by atoms with Crippen LogP contribution < -0.4 is 64.7 Å². The van der Waals surface area contributed by atoms with Gasteiger partial charge in [-0.25, -0.2) is 34.8 Å². The molecular weight excluding hydrogens is 1570 g/mol. The molecule has 7 aromatic rings. The highest BCUT2D eigenvalue weighted by molar-refractivity contribution is 7.91. The van der Waals surface area contributed by atoms with E-state index in [1.807, 2.05) is 27.7 Å². The van der Waals surface area contributed by atoms with Crippen LogP contribution in [0.1, 0.15) is 160 Å². The Kier molecular flexibility index (Phi) is 42.9. The van der Waals surface area contributed by atoms with Gasteiger partial charge in [0, 0.05) is 62.7 Å². The Morgan fingerprint density at radius 1 is 0.465 bits per heavy atom. The zero-order valence-electron chi connectivity index (χ0n) is 65.1. The Hall–Kier alpha value is -11.3. The first-order valence-electron chi connectivity index (χ1n) is 34.0. The van der Waals surface area contributed by atoms with Gasteiger partial charge in [-0.2, -0.15) is 13.5 Å². The number of phenolic OH excluding ortho intramolecular Hbond substituents is 1. The van der Waals surface area contributed by atoms with E-state index in [9.17, 15) is 68.7 Å². The van der Waals surface area contributed by atoms with Gasteiger partial charge >= 0.3 is 11.9 Å². The average Bonchev–Trinajstić information content (AvgIpc) is 1.60. The molecule has 0 spiro atoms. The summed E-state index contributed by atoms with van der Waals surface area (Å²) in [6.45, 7) is 15.3. The molecule has 2 heterocycles. The van der Waals surface area contributed by atoms with E-state index in [1.165, 1.54) is 69.9 Å². The number of carboxylic acid groups (broad SMARTS) is 1. The minimum Gasteiger partial charge on any atom is -0.504 e. The van der Waals surface area contributed by atoms with Crippen LogP contribution in [0.2, 0.25) is 0 Å². The number of carbonyl (C=O) groups is 9. The van der Waals surface area contributed by atoms with Gasteiger partial charge in [0.05, 0.1) is 118 Å². The quantitative estimate of drug-likeness (QED) is 0.0115. The number of hydrogen-bond acceptors (Lipinski definition) is 28. The number of esters is 2. The minimum absolute atomic E-state index is 0. The fraction of sp³-hybridized carbons (Fsp3) is 0.346. The number of fused-ring (bicyclic) bond motifs is 2. The lowest BCUT2D eigenvalue weighted by Gasteiger charge is -2.27. The molecule has 3 atom stereocenters. The third-order valence-corrected chi connectivity index (χ3v) is 17.6. The van der Waals surface area contributed by atoms with Crippen molar-refractivity contribution in [2.45, 2.75) is 80.9 Å². The summed E-state index contributed by atoms with van der Waals surface area (Å²) in [5.74, 6) is -0.129. The number of sulfone groups is 3. The number of rotatable bonds is 28. The lowest BCUT2D eigenvalue weighted by atomic mass is 10.1. The topological polar surface area (TPSA) is 468 Å². The van der Waals surface area contributed by atoms with Gasteiger partial charge < -0.3 is 79.7 Å². The molecule has 2 aliphatic heterocycles. The molecule has 1 unspecified atom stereocenters. The number of aromatic hydroxyl groups is 1. The molecule has 9 rings (SSSR count). The van der Waals surface area contributed by atoms with Gasteiger partial charge in [0.15, 0.2) is 57.5 Å². The Morgan fingerprint density at radius 3 is 1.17 bits per heavy atom. The molecule has 0 aromatic heterocycles. The second-order valence-corrected chi connectivity index (χ2v) is 30.3. The Morgan fingerprint density at radius 2 is 0.798 bits per heavy atom. The first-order valence-corrected chi connectivity index (χ1v) is 40.2. The van der Waals surface area contributed by atoms with Crippen LogP contribution in [0.25, 0.3) is 0 Å². The second-order valence-electron chi connectivity index (χ2n) is 23.8. The maximum atomic E-state index is 13.3. The number of benzene rings is 7. The number of hydrogen-bond donors (Lipinski definition) is 6. The van der Waals surface area contributed by atoms with E-state index in [4.69, 9.17) is 64.0 Å². The first-order chi connectivity index (χ1) is 52.7. The van der Waals surface area contributed by atoms with Crippen molar-refractivity contribution < 1.29 is 126 Å². The van der Waals surface area contributed by atoms with Crippen molar-refractivity contribution in [1.82, 2.24) is 4.90 Å². The van der Waals surface area contributed by atoms with E-state index in [0.717, 1.165) is 24.4 Å². The fourth-order valence-corrected chi connectivity index (χ4v) is 12.8. The van der Waals surface area contributed by atoms with E-state index in [2.05, 4.69) is 15.4 Å². The third-order valence-electron chi connectivity index (χ3n) is 14.7. The SMILES string of the molecule is C.CC(=O)Nc1cccc2c1C(=O)OC2=O.CC(=O)O.CCOc1cc(C(N)CS(C)(=O)=O)ccc1OC.CCOc1cc(C=O)ccc1O.CCOc1cc(C=O)ccc1OC.CCOc1cc([C@@H](CS(C)(=O)=O)N2C(=O)c3cccc(NC(C)=O)c3C2=O)ccc1OC.CCOc1cc([C@H](N)CS(C)(=O)=O)ccc1OC.S. The molecule has 0 aliphatic carbocycles.